The first-order valence-electron chi connectivity index (χ1n) is 7.64. The van der Waals surface area contributed by atoms with Crippen molar-refractivity contribution in [3.63, 3.8) is 0 Å². The van der Waals surface area contributed by atoms with Gasteiger partial charge in [0.2, 0.25) is 0 Å². The average Bonchev–Trinajstić information content (AvgIpc) is 2.49. The summed E-state index contributed by atoms with van der Waals surface area (Å²) in [6, 6.07) is 3.71. The Labute approximate surface area is 128 Å². The van der Waals surface area contributed by atoms with E-state index >= 15 is 0 Å². The number of aromatic nitrogens is 1. The second kappa shape index (κ2) is 9.34. The molecule has 0 radical (unpaired) electrons. The molecule has 0 atom stereocenters. The van der Waals surface area contributed by atoms with Crippen molar-refractivity contribution in [2.75, 3.05) is 46.1 Å². The van der Waals surface area contributed by atoms with Crippen molar-refractivity contribution in [1.29, 1.82) is 0 Å². The largest absolute Gasteiger partial charge is 0.384 e. The second-order valence-corrected chi connectivity index (χ2v) is 5.60. The number of nitrogens with zero attached hydrogens (tertiary/aromatic N) is 3. The molecule has 21 heavy (non-hydrogen) atoms. The van der Waals surface area contributed by atoms with Crippen molar-refractivity contribution >= 4 is 11.6 Å². The summed E-state index contributed by atoms with van der Waals surface area (Å²) in [6.07, 6.45) is 4.92. The van der Waals surface area contributed by atoms with Gasteiger partial charge in [-0.2, -0.15) is 0 Å². The topological polar surface area (TPSA) is 48.5 Å². The number of carbonyl (C=O) groups excluding carboxylic acids is 1. The van der Waals surface area contributed by atoms with Crippen LogP contribution >= 0.6 is 0 Å². The predicted molar refractivity (Wildman–Crippen MR) is 87.8 cm³/mol. The third-order valence-electron chi connectivity index (χ3n) is 3.29. The molecule has 1 aromatic rings. The van der Waals surface area contributed by atoms with E-state index in [-0.39, 0.29) is 5.91 Å². The van der Waals surface area contributed by atoms with Gasteiger partial charge < -0.3 is 15.1 Å². The van der Waals surface area contributed by atoms with Gasteiger partial charge in [0.1, 0.15) is 5.69 Å². The molecule has 1 heterocycles. The number of pyridine rings is 1. The molecule has 1 aromatic heterocycles. The monoisotopic (exact) mass is 292 g/mol. The van der Waals surface area contributed by atoms with Crippen molar-refractivity contribution in [3.8, 4) is 0 Å². The first-order chi connectivity index (χ1) is 10.0. The van der Waals surface area contributed by atoms with Crippen LogP contribution in [0.5, 0.6) is 0 Å². The van der Waals surface area contributed by atoms with Gasteiger partial charge in [-0.25, -0.2) is 4.98 Å². The molecule has 118 valence electrons. The minimum atomic E-state index is -0.0115. The Morgan fingerprint density at radius 3 is 2.52 bits per heavy atom. The average molecular weight is 292 g/mol. The molecule has 0 unspecified atom stereocenters. The first kappa shape index (κ1) is 17.4. The second-order valence-electron chi connectivity index (χ2n) is 5.60. The Kier molecular flexibility index (Phi) is 7.75. The minimum Gasteiger partial charge on any atom is -0.384 e. The van der Waals surface area contributed by atoms with Crippen molar-refractivity contribution < 1.29 is 4.79 Å². The van der Waals surface area contributed by atoms with Crippen molar-refractivity contribution in [1.82, 2.24) is 14.8 Å². The fourth-order valence-corrected chi connectivity index (χ4v) is 1.95. The highest BCUT2D eigenvalue weighted by Crippen LogP contribution is 2.08. The number of rotatable bonds is 9. The van der Waals surface area contributed by atoms with Gasteiger partial charge in [0.05, 0.1) is 11.9 Å². The van der Waals surface area contributed by atoms with E-state index < -0.39 is 0 Å². The lowest BCUT2D eigenvalue weighted by atomic mass is 10.2. The van der Waals surface area contributed by atoms with Crippen LogP contribution in [0.1, 0.15) is 36.7 Å². The lowest BCUT2D eigenvalue weighted by Crippen LogP contribution is -2.28. The summed E-state index contributed by atoms with van der Waals surface area (Å²) in [5, 5.41) is 3.32. The fraction of sp³-hybridized carbons (Fsp3) is 0.625. The Balaban J connectivity index is 2.44. The maximum absolute atomic E-state index is 12.1. The van der Waals surface area contributed by atoms with Crippen molar-refractivity contribution in [2.45, 2.75) is 26.2 Å². The smallest absolute Gasteiger partial charge is 0.272 e. The molecule has 0 saturated carbocycles. The van der Waals surface area contributed by atoms with Gasteiger partial charge >= 0.3 is 0 Å². The Bertz CT molecular complexity index is 417. The molecule has 1 N–H and O–H groups in total. The van der Waals surface area contributed by atoms with E-state index in [4.69, 9.17) is 0 Å². The summed E-state index contributed by atoms with van der Waals surface area (Å²) in [5.74, 6) is -0.0115. The summed E-state index contributed by atoms with van der Waals surface area (Å²) >= 11 is 0. The zero-order valence-corrected chi connectivity index (χ0v) is 13.7. The van der Waals surface area contributed by atoms with Crippen molar-refractivity contribution in [2.24, 2.45) is 0 Å². The van der Waals surface area contributed by atoms with Gasteiger partial charge in [0.25, 0.3) is 5.91 Å². The highest BCUT2D eigenvalue weighted by Gasteiger charge is 2.12. The third-order valence-corrected chi connectivity index (χ3v) is 3.29. The predicted octanol–water partition coefficient (Wildman–Crippen LogP) is 2.32. The quantitative estimate of drug-likeness (QED) is 0.710. The summed E-state index contributed by atoms with van der Waals surface area (Å²) in [6.45, 7) is 4.86. The number of hydrogen-bond acceptors (Lipinski definition) is 4. The molecule has 0 spiro atoms. The minimum absolute atomic E-state index is 0.0115. The van der Waals surface area contributed by atoms with Crippen LogP contribution in [0.3, 0.4) is 0 Å². The first-order valence-corrected chi connectivity index (χ1v) is 7.64. The summed E-state index contributed by atoms with van der Waals surface area (Å²) in [4.78, 5) is 20.3. The highest BCUT2D eigenvalue weighted by atomic mass is 16.2. The van der Waals surface area contributed by atoms with Gasteiger partial charge in [-0.05, 0) is 45.6 Å². The zero-order valence-electron chi connectivity index (χ0n) is 13.7. The molecular formula is C16H28N4O. The number of amides is 1. The molecule has 0 bridgehead atoms. The summed E-state index contributed by atoms with van der Waals surface area (Å²) in [5.41, 5.74) is 1.47. The van der Waals surface area contributed by atoms with Crippen LogP contribution in [-0.2, 0) is 0 Å². The number of anilines is 1. The molecule has 5 heteroatoms. The lowest BCUT2D eigenvalue weighted by Gasteiger charge is -2.16. The standard InChI is InChI=1S/C16H28N4O/c1-5-6-12-20(4)16(21)15-9-8-14(13-18-15)17-10-7-11-19(2)3/h8-9,13,17H,5-7,10-12H2,1-4H3. The number of nitrogens with one attached hydrogen (secondary N) is 1. The molecule has 0 aliphatic rings. The van der Waals surface area contributed by atoms with E-state index in [1.54, 1.807) is 17.2 Å². The van der Waals surface area contributed by atoms with Crippen LogP contribution in [-0.4, -0.2) is 61.5 Å². The molecule has 0 saturated heterocycles. The van der Waals surface area contributed by atoms with E-state index in [0.717, 1.165) is 44.6 Å². The zero-order chi connectivity index (χ0) is 15.7. The maximum atomic E-state index is 12.1. The molecule has 0 aliphatic carbocycles. The van der Waals surface area contributed by atoms with Crippen LogP contribution in [0.25, 0.3) is 0 Å². The molecule has 1 rings (SSSR count). The molecular weight excluding hydrogens is 264 g/mol. The van der Waals surface area contributed by atoms with Crippen LogP contribution in [0.15, 0.2) is 18.3 Å². The highest BCUT2D eigenvalue weighted by molar-refractivity contribution is 5.92. The maximum Gasteiger partial charge on any atom is 0.272 e. The van der Waals surface area contributed by atoms with E-state index in [1.807, 2.05) is 13.1 Å². The molecule has 0 aromatic carbocycles. The lowest BCUT2D eigenvalue weighted by molar-refractivity contribution is 0.0787. The summed E-state index contributed by atoms with van der Waals surface area (Å²) < 4.78 is 0. The number of carbonyl (C=O) groups is 1. The fourth-order valence-electron chi connectivity index (χ4n) is 1.95. The van der Waals surface area contributed by atoms with Gasteiger partial charge in [0.15, 0.2) is 0 Å². The van der Waals surface area contributed by atoms with Crippen LogP contribution in [0.2, 0.25) is 0 Å². The molecule has 0 fully saturated rings. The SMILES string of the molecule is CCCCN(C)C(=O)c1ccc(NCCCN(C)C)cn1. The molecule has 0 aliphatic heterocycles. The molecule has 5 nitrogen and oxygen atoms in total. The number of unbranched alkanes of at least 4 members (excludes halogenated alkanes) is 1. The number of hydrogen-bond donors (Lipinski definition) is 1. The van der Waals surface area contributed by atoms with E-state index in [0.29, 0.717) is 5.69 Å². The van der Waals surface area contributed by atoms with Gasteiger partial charge in [-0.3, -0.25) is 4.79 Å². The third kappa shape index (κ3) is 6.58. The normalized spacial score (nSPS) is 10.7. The van der Waals surface area contributed by atoms with Gasteiger partial charge in [-0.15, -0.1) is 0 Å². The van der Waals surface area contributed by atoms with Gasteiger partial charge in [0, 0.05) is 20.1 Å². The Morgan fingerprint density at radius 2 is 1.95 bits per heavy atom. The van der Waals surface area contributed by atoms with Crippen LogP contribution < -0.4 is 5.32 Å². The van der Waals surface area contributed by atoms with Crippen LogP contribution in [0, 0.1) is 0 Å². The van der Waals surface area contributed by atoms with Crippen molar-refractivity contribution in [3.05, 3.63) is 24.0 Å². The van der Waals surface area contributed by atoms with E-state index in [9.17, 15) is 4.79 Å². The Hall–Kier alpha value is -1.62. The van der Waals surface area contributed by atoms with E-state index in [2.05, 4.69) is 36.2 Å². The molecule has 1 amide bonds. The van der Waals surface area contributed by atoms with Crippen LogP contribution in [0.4, 0.5) is 5.69 Å². The van der Waals surface area contributed by atoms with Gasteiger partial charge in [-0.1, -0.05) is 13.3 Å². The van der Waals surface area contributed by atoms with E-state index in [1.165, 1.54) is 0 Å². The summed E-state index contributed by atoms with van der Waals surface area (Å²) in [7, 11) is 5.96. The Morgan fingerprint density at radius 1 is 1.19 bits per heavy atom.